The van der Waals surface area contributed by atoms with Gasteiger partial charge in [-0.25, -0.2) is 0 Å². The van der Waals surface area contributed by atoms with E-state index in [1.54, 1.807) is 27.7 Å². The van der Waals surface area contributed by atoms with Gasteiger partial charge in [-0.1, -0.05) is 35.1 Å². The van der Waals surface area contributed by atoms with Crippen LogP contribution in [0.1, 0.15) is 89.5 Å². The zero-order valence-corrected chi connectivity index (χ0v) is 15.2. The average Bonchev–Trinajstić information content (AvgIpc) is 2.30. The molecule has 0 aromatic heterocycles. The van der Waals surface area contributed by atoms with Crippen molar-refractivity contribution in [2.24, 2.45) is 0 Å². The zero-order valence-electron chi connectivity index (χ0n) is 15.2. The van der Waals surface area contributed by atoms with Gasteiger partial charge >= 0.3 is 0 Å². The van der Waals surface area contributed by atoms with Gasteiger partial charge in [0.2, 0.25) is 0 Å². The quantitative estimate of drug-likeness (QED) is 0.808. The van der Waals surface area contributed by atoms with Crippen LogP contribution in [0.15, 0.2) is 0 Å². The van der Waals surface area contributed by atoms with Gasteiger partial charge in [0.15, 0.2) is 0 Å². The second-order valence-corrected chi connectivity index (χ2v) is 4.11. The van der Waals surface area contributed by atoms with E-state index < -0.39 is 0 Å². The van der Waals surface area contributed by atoms with E-state index in [1.807, 2.05) is 27.7 Å². The van der Waals surface area contributed by atoms with Gasteiger partial charge in [0, 0.05) is 18.9 Å². The van der Waals surface area contributed by atoms with Crippen molar-refractivity contribution in [2.45, 2.75) is 95.6 Å². The van der Waals surface area contributed by atoms with Gasteiger partial charge in [-0.05, 0) is 41.5 Å². The fourth-order valence-electron chi connectivity index (χ4n) is 0. The van der Waals surface area contributed by atoms with Gasteiger partial charge in [0.1, 0.15) is 17.3 Å². The number of carbonyl (C=O) groups is 3. The summed E-state index contributed by atoms with van der Waals surface area (Å²) in [5, 5.41) is 8.06. The predicted octanol–water partition coefficient (Wildman–Crippen LogP) is 4.62. The Hall–Kier alpha value is -1.03. The molecule has 132 valence electrons. The Morgan fingerprint density at radius 3 is 0.857 bits per heavy atom. The van der Waals surface area contributed by atoms with Gasteiger partial charge in [0.05, 0.1) is 0 Å². The Labute approximate surface area is 133 Å². The van der Waals surface area contributed by atoms with Crippen LogP contribution in [0.3, 0.4) is 0 Å². The minimum atomic E-state index is -0.167. The Morgan fingerprint density at radius 2 is 0.857 bits per heavy atom. The molecule has 0 bridgehead atoms. The van der Waals surface area contributed by atoms with E-state index in [9.17, 15) is 14.4 Å². The summed E-state index contributed by atoms with van der Waals surface area (Å²) in [6, 6.07) is 0. The molecule has 0 fully saturated rings. The molecule has 4 heteroatoms. The van der Waals surface area contributed by atoms with Gasteiger partial charge in [-0.3, -0.25) is 0 Å². The fraction of sp³-hybridized carbons (Fsp3) is 0.824. The van der Waals surface area contributed by atoms with Crippen LogP contribution >= 0.6 is 0 Å². The van der Waals surface area contributed by atoms with Crippen molar-refractivity contribution >= 4 is 17.3 Å². The van der Waals surface area contributed by atoms with E-state index in [1.165, 1.54) is 13.8 Å². The van der Waals surface area contributed by atoms with Crippen LogP contribution in [-0.4, -0.2) is 28.6 Å². The second kappa shape index (κ2) is 36.4. The van der Waals surface area contributed by atoms with Crippen molar-refractivity contribution in [3.63, 3.8) is 0 Å². The zero-order chi connectivity index (χ0) is 17.7. The van der Waals surface area contributed by atoms with Crippen molar-refractivity contribution in [1.29, 1.82) is 0 Å². The molecule has 0 saturated heterocycles. The number of rotatable bonds is 2. The largest absolute Gasteiger partial charge is 0.394 e. The normalized spacial score (nSPS) is 6.86. The molecule has 0 rings (SSSR count). The Bertz CT molecular complexity index is 188. The topological polar surface area (TPSA) is 71.4 Å². The Morgan fingerprint density at radius 1 is 0.810 bits per heavy atom. The van der Waals surface area contributed by atoms with Gasteiger partial charge < -0.3 is 19.5 Å². The summed E-state index contributed by atoms with van der Waals surface area (Å²) in [4.78, 5) is 29.1. The number of hydrogen-bond acceptors (Lipinski definition) is 4. The van der Waals surface area contributed by atoms with E-state index in [-0.39, 0.29) is 30.9 Å². The van der Waals surface area contributed by atoms with Crippen LogP contribution in [0.2, 0.25) is 0 Å². The highest BCUT2D eigenvalue weighted by Gasteiger charge is 1.77. The standard InChI is InChI=1S/2C4H8O.C3H8O.C3H6O.C2H6.CH4/c2*1-3-4(2)5;2*1-3(2)4;1-2;/h2*3H2,1-2H3;3-4H,1-2H3;1-2H3;1-2H3;1H4. The molecule has 0 aliphatic carbocycles. The number of ketones is 3. The summed E-state index contributed by atoms with van der Waals surface area (Å²) in [6.45, 7) is 17.4. The van der Waals surface area contributed by atoms with Crippen LogP contribution in [0, 0.1) is 0 Å². The minimum absolute atomic E-state index is 0. The summed E-state index contributed by atoms with van der Waals surface area (Å²) in [5.74, 6) is 0.676. The highest BCUT2D eigenvalue weighted by atomic mass is 16.3. The first kappa shape index (κ1) is 36.8. The first-order chi connectivity index (χ1) is 9.00. The van der Waals surface area contributed by atoms with Crippen LogP contribution in [0.5, 0.6) is 0 Å². The van der Waals surface area contributed by atoms with E-state index in [0.717, 1.165) is 0 Å². The third-order valence-corrected chi connectivity index (χ3v) is 0.996. The molecule has 4 nitrogen and oxygen atoms in total. The van der Waals surface area contributed by atoms with Crippen LogP contribution < -0.4 is 0 Å². The first-order valence-electron chi connectivity index (χ1n) is 7.15. The first-order valence-corrected chi connectivity index (χ1v) is 7.15. The lowest BCUT2D eigenvalue weighted by Gasteiger charge is -1.80. The maximum absolute atomic E-state index is 9.81. The van der Waals surface area contributed by atoms with Crippen LogP contribution in [0.25, 0.3) is 0 Å². The molecular formula is C17H40O4. The van der Waals surface area contributed by atoms with E-state index >= 15 is 0 Å². The van der Waals surface area contributed by atoms with Crippen LogP contribution in [0.4, 0.5) is 0 Å². The Kier molecular flexibility index (Phi) is 63.9. The molecule has 0 aliphatic rings. The predicted molar refractivity (Wildman–Crippen MR) is 93.7 cm³/mol. The monoisotopic (exact) mass is 308 g/mol. The van der Waals surface area contributed by atoms with E-state index in [0.29, 0.717) is 12.8 Å². The molecular weight excluding hydrogens is 268 g/mol. The molecule has 0 aromatic rings. The SMILES string of the molecule is C.CC.CC(C)=O.CC(C)O.CCC(C)=O.CCC(C)=O. The highest BCUT2D eigenvalue weighted by Crippen LogP contribution is 1.72. The lowest BCUT2D eigenvalue weighted by atomic mass is 10.4. The maximum Gasteiger partial charge on any atom is 0.129 e. The molecule has 0 saturated carbocycles. The summed E-state index contributed by atoms with van der Waals surface area (Å²) in [7, 11) is 0. The Balaban J connectivity index is -0.0000000340. The number of hydrogen-bond donors (Lipinski definition) is 1. The second-order valence-electron chi connectivity index (χ2n) is 4.11. The van der Waals surface area contributed by atoms with E-state index in [4.69, 9.17) is 5.11 Å². The molecule has 0 radical (unpaired) electrons. The molecule has 0 aromatic carbocycles. The van der Waals surface area contributed by atoms with Crippen LogP contribution in [-0.2, 0) is 14.4 Å². The lowest BCUT2D eigenvalue weighted by Crippen LogP contribution is -1.85. The van der Waals surface area contributed by atoms with Gasteiger partial charge in [-0.15, -0.1) is 0 Å². The number of carbonyl (C=O) groups excluding carboxylic acids is 3. The smallest absolute Gasteiger partial charge is 0.129 e. The molecule has 0 spiro atoms. The number of aliphatic hydroxyl groups excluding tert-OH is 1. The van der Waals surface area contributed by atoms with Crippen molar-refractivity contribution in [2.75, 3.05) is 0 Å². The molecule has 21 heavy (non-hydrogen) atoms. The maximum atomic E-state index is 9.81. The lowest BCUT2D eigenvalue weighted by molar-refractivity contribution is -0.117. The highest BCUT2D eigenvalue weighted by molar-refractivity contribution is 5.75. The molecule has 0 unspecified atom stereocenters. The third kappa shape index (κ3) is 619. The summed E-state index contributed by atoms with van der Waals surface area (Å²) in [5.41, 5.74) is 0. The molecule has 0 heterocycles. The molecule has 0 aliphatic heterocycles. The van der Waals surface area contributed by atoms with Crippen molar-refractivity contribution in [1.82, 2.24) is 0 Å². The average molecular weight is 309 g/mol. The van der Waals surface area contributed by atoms with Crippen molar-refractivity contribution in [3.8, 4) is 0 Å². The van der Waals surface area contributed by atoms with Gasteiger partial charge in [0.25, 0.3) is 0 Å². The molecule has 0 atom stereocenters. The summed E-state index contributed by atoms with van der Waals surface area (Å²) in [6.07, 6.45) is 1.17. The fourth-order valence-corrected chi connectivity index (χ4v) is 0. The van der Waals surface area contributed by atoms with Gasteiger partial charge in [-0.2, -0.15) is 0 Å². The number of Topliss-reactive ketones (excluding diaryl/α,β-unsaturated/α-hetero) is 3. The molecule has 0 amide bonds. The minimum Gasteiger partial charge on any atom is -0.394 e. The van der Waals surface area contributed by atoms with Crippen molar-refractivity contribution < 1.29 is 19.5 Å². The van der Waals surface area contributed by atoms with E-state index in [2.05, 4.69) is 0 Å². The summed E-state index contributed by atoms with van der Waals surface area (Å²) >= 11 is 0. The number of aliphatic hydroxyl groups is 1. The third-order valence-electron chi connectivity index (χ3n) is 0.996. The van der Waals surface area contributed by atoms with Crippen molar-refractivity contribution in [3.05, 3.63) is 0 Å². The summed E-state index contributed by atoms with van der Waals surface area (Å²) < 4.78 is 0. The molecule has 1 N–H and O–H groups in total.